The van der Waals surface area contributed by atoms with E-state index in [4.69, 9.17) is 0 Å². The Bertz CT molecular complexity index is 869. The first-order valence-electron chi connectivity index (χ1n) is 11.5. The fraction of sp³-hybridized carbons (Fsp3) is 0.667. The molecule has 1 aromatic heterocycles. The molecule has 5 heteroatoms. The molecule has 1 fully saturated rings. The van der Waals surface area contributed by atoms with Gasteiger partial charge in [-0.2, -0.15) is 0 Å². The van der Waals surface area contributed by atoms with Gasteiger partial charge in [0.05, 0.1) is 17.5 Å². The third kappa shape index (κ3) is 5.85. The fourth-order valence-corrected chi connectivity index (χ4v) is 5.90. The van der Waals surface area contributed by atoms with Crippen molar-refractivity contribution in [3.8, 4) is 0 Å². The van der Waals surface area contributed by atoms with Crippen LogP contribution in [0.1, 0.15) is 95.6 Å². The standard InChI is InChI=1S/C24H37NO3S/c1-29(27,28)25-22-17-13-12-16-21(22)20-23(25)24(26)18-14-10-8-6-4-2-3-5-7-9-11-15-19-24/h12-13,16-17,20,26H,2-11,14-15,18-19H2,1H3. The number of aromatic nitrogens is 1. The van der Waals surface area contributed by atoms with Gasteiger partial charge in [-0.05, 0) is 25.0 Å². The average Bonchev–Trinajstić information content (AvgIpc) is 3.08. The van der Waals surface area contributed by atoms with Crippen LogP contribution in [0.5, 0.6) is 0 Å². The maximum absolute atomic E-state index is 12.7. The third-order valence-electron chi connectivity index (χ3n) is 6.41. The average molecular weight is 420 g/mol. The first-order valence-corrected chi connectivity index (χ1v) is 13.3. The second-order valence-electron chi connectivity index (χ2n) is 8.89. The van der Waals surface area contributed by atoms with E-state index in [1.54, 1.807) is 0 Å². The van der Waals surface area contributed by atoms with Gasteiger partial charge in [-0.25, -0.2) is 12.4 Å². The van der Waals surface area contributed by atoms with Crippen LogP contribution in [0.3, 0.4) is 0 Å². The molecule has 0 bridgehead atoms. The van der Waals surface area contributed by atoms with Crippen LogP contribution in [0, 0.1) is 0 Å². The van der Waals surface area contributed by atoms with E-state index in [2.05, 4.69) is 0 Å². The number of nitrogens with zero attached hydrogens (tertiary/aromatic N) is 1. The molecule has 1 heterocycles. The molecule has 0 unspecified atom stereocenters. The summed E-state index contributed by atoms with van der Waals surface area (Å²) in [5.41, 5.74) is 0.113. The van der Waals surface area contributed by atoms with E-state index in [1.807, 2.05) is 30.3 Å². The molecule has 162 valence electrons. The van der Waals surface area contributed by atoms with Crippen molar-refractivity contribution in [3.05, 3.63) is 36.0 Å². The molecule has 0 radical (unpaired) electrons. The van der Waals surface area contributed by atoms with Crippen molar-refractivity contribution < 1.29 is 13.5 Å². The molecule has 1 aliphatic carbocycles. The summed E-state index contributed by atoms with van der Waals surface area (Å²) < 4.78 is 26.7. The Kier molecular flexibility index (Phi) is 7.80. The van der Waals surface area contributed by atoms with E-state index >= 15 is 0 Å². The van der Waals surface area contributed by atoms with Gasteiger partial charge in [0.25, 0.3) is 0 Å². The SMILES string of the molecule is CS(=O)(=O)n1c(C2(O)CCCCCCCCCCCCCC2)cc2ccccc21. The summed E-state index contributed by atoms with van der Waals surface area (Å²) in [7, 11) is -3.51. The van der Waals surface area contributed by atoms with Crippen LogP contribution >= 0.6 is 0 Å². The lowest BCUT2D eigenvalue weighted by molar-refractivity contribution is 0.00868. The Hall–Kier alpha value is -1.33. The maximum Gasteiger partial charge on any atom is 0.236 e. The molecule has 1 N–H and O–H groups in total. The van der Waals surface area contributed by atoms with Crippen LogP contribution in [0.15, 0.2) is 30.3 Å². The molecular weight excluding hydrogens is 382 g/mol. The van der Waals surface area contributed by atoms with Gasteiger partial charge >= 0.3 is 0 Å². The van der Waals surface area contributed by atoms with E-state index in [1.165, 1.54) is 61.6 Å². The molecule has 1 aromatic carbocycles. The summed E-state index contributed by atoms with van der Waals surface area (Å²) >= 11 is 0. The number of rotatable bonds is 2. The summed E-state index contributed by atoms with van der Waals surface area (Å²) in [6.45, 7) is 0. The lowest BCUT2D eigenvalue weighted by atomic mass is 9.87. The predicted octanol–water partition coefficient (Wildman–Crippen LogP) is 6.11. The van der Waals surface area contributed by atoms with Crippen LogP contribution in [-0.2, 0) is 15.6 Å². The maximum atomic E-state index is 12.7. The molecule has 0 aliphatic heterocycles. The summed E-state index contributed by atoms with van der Waals surface area (Å²) in [5, 5.41) is 12.6. The highest BCUT2D eigenvalue weighted by Crippen LogP contribution is 2.37. The van der Waals surface area contributed by atoms with E-state index in [0.717, 1.165) is 31.1 Å². The van der Waals surface area contributed by atoms with Gasteiger partial charge < -0.3 is 5.11 Å². The van der Waals surface area contributed by atoms with Gasteiger partial charge in [0.1, 0.15) is 5.60 Å². The Balaban J connectivity index is 1.91. The number of fused-ring (bicyclic) bond motifs is 1. The van der Waals surface area contributed by atoms with Gasteiger partial charge in [0.15, 0.2) is 0 Å². The van der Waals surface area contributed by atoms with E-state index < -0.39 is 15.6 Å². The number of aliphatic hydroxyl groups is 1. The summed E-state index contributed by atoms with van der Waals surface area (Å²) in [4.78, 5) is 0. The highest BCUT2D eigenvalue weighted by Gasteiger charge is 2.34. The molecule has 4 nitrogen and oxygen atoms in total. The number of para-hydroxylation sites is 1. The molecule has 29 heavy (non-hydrogen) atoms. The lowest BCUT2D eigenvalue weighted by Gasteiger charge is -2.30. The van der Waals surface area contributed by atoms with Crippen LogP contribution in [0.2, 0.25) is 0 Å². The number of hydrogen-bond donors (Lipinski definition) is 1. The van der Waals surface area contributed by atoms with Crippen LogP contribution < -0.4 is 0 Å². The minimum absolute atomic E-state index is 0.547. The molecule has 3 rings (SSSR count). The largest absolute Gasteiger partial charge is 0.384 e. The molecule has 0 atom stereocenters. The van der Waals surface area contributed by atoms with Crippen LogP contribution in [0.25, 0.3) is 10.9 Å². The van der Waals surface area contributed by atoms with Crippen molar-refractivity contribution >= 4 is 20.9 Å². The predicted molar refractivity (Wildman–Crippen MR) is 121 cm³/mol. The van der Waals surface area contributed by atoms with E-state index in [9.17, 15) is 13.5 Å². The normalized spacial score (nSPS) is 20.8. The summed E-state index contributed by atoms with van der Waals surface area (Å²) in [6, 6.07) is 9.42. The van der Waals surface area contributed by atoms with E-state index in [-0.39, 0.29) is 0 Å². The van der Waals surface area contributed by atoms with Crippen molar-refractivity contribution in [3.63, 3.8) is 0 Å². The van der Waals surface area contributed by atoms with Crippen LogP contribution in [0.4, 0.5) is 0 Å². The second kappa shape index (κ2) is 10.1. The number of benzene rings is 1. The zero-order chi connectivity index (χ0) is 20.7. The molecule has 0 saturated heterocycles. The zero-order valence-electron chi connectivity index (χ0n) is 17.9. The smallest absolute Gasteiger partial charge is 0.236 e. The topological polar surface area (TPSA) is 59.3 Å². The third-order valence-corrected chi connectivity index (χ3v) is 7.46. The Morgan fingerprint density at radius 2 is 1.24 bits per heavy atom. The second-order valence-corrected chi connectivity index (χ2v) is 10.7. The highest BCUT2D eigenvalue weighted by molar-refractivity contribution is 7.89. The van der Waals surface area contributed by atoms with Gasteiger partial charge in [-0.15, -0.1) is 0 Å². The molecule has 0 spiro atoms. The monoisotopic (exact) mass is 419 g/mol. The molecule has 1 saturated carbocycles. The van der Waals surface area contributed by atoms with Crippen molar-refractivity contribution in [1.82, 2.24) is 3.97 Å². The summed E-state index contributed by atoms with van der Waals surface area (Å²) in [6.07, 6.45) is 16.8. The number of hydrogen-bond acceptors (Lipinski definition) is 3. The molecule has 1 aliphatic rings. The van der Waals surface area contributed by atoms with Crippen molar-refractivity contribution in [2.45, 2.75) is 95.5 Å². The minimum Gasteiger partial charge on any atom is -0.384 e. The minimum atomic E-state index is -3.51. The van der Waals surface area contributed by atoms with E-state index in [0.29, 0.717) is 24.1 Å². The molecule has 0 amide bonds. The van der Waals surface area contributed by atoms with Gasteiger partial charge in [-0.1, -0.05) is 95.2 Å². The van der Waals surface area contributed by atoms with Gasteiger partial charge in [0, 0.05) is 5.39 Å². The molecular formula is C24H37NO3S. The van der Waals surface area contributed by atoms with Crippen molar-refractivity contribution in [2.24, 2.45) is 0 Å². The van der Waals surface area contributed by atoms with Crippen molar-refractivity contribution in [1.29, 1.82) is 0 Å². The summed E-state index contributed by atoms with van der Waals surface area (Å²) in [5.74, 6) is 0. The Labute approximate surface area is 176 Å². The van der Waals surface area contributed by atoms with Gasteiger partial charge in [0.2, 0.25) is 10.0 Å². The fourth-order valence-electron chi connectivity index (χ4n) is 4.79. The zero-order valence-corrected chi connectivity index (χ0v) is 18.7. The Morgan fingerprint density at radius 1 is 0.793 bits per heavy atom. The van der Waals surface area contributed by atoms with Gasteiger partial charge in [-0.3, -0.25) is 0 Å². The Morgan fingerprint density at radius 3 is 1.72 bits per heavy atom. The van der Waals surface area contributed by atoms with Crippen LogP contribution in [-0.4, -0.2) is 23.8 Å². The molecule has 2 aromatic rings. The first kappa shape index (κ1) is 22.4. The first-order chi connectivity index (χ1) is 13.9. The highest BCUT2D eigenvalue weighted by atomic mass is 32.2. The quantitative estimate of drug-likeness (QED) is 0.639. The lowest BCUT2D eigenvalue weighted by Crippen LogP contribution is -2.31. The van der Waals surface area contributed by atoms with Crippen molar-refractivity contribution in [2.75, 3.05) is 6.26 Å².